The van der Waals surface area contributed by atoms with E-state index >= 15 is 0 Å². The van der Waals surface area contributed by atoms with E-state index in [1.54, 1.807) is 48.5 Å². The van der Waals surface area contributed by atoms with Crippen LogP contribution in [0.4, 0.5) is 37.7 Å². The summed E-state index contributed by atoms with van der Waals surface area (Å²) in [5, 5.41) is 17.6. The number of carbonyl (C=O) groups is 2. The maximum absolute atomic E-state index is 13.8. The van der Waals surface area contributed by atoms with Crippen molar-refractivity contribution in [3.63, 3.8) is 0 Å². The molecule has 0 saturated carbocycles. The van der Waals surface area contributed by atoms with Gasteiger partial charge in [0.25, 0.3) is 10.5 Å². The Bertz CT molecular complexity index is 1540. The topological polar surface area (TPSA) is 136 Å². The van der Waals surface area contributed by atoms with Crippen molar-refractivity contribution in [2.24, 2.45) is 0 Å². The average Bonchev–Trinajstić information content (AvgIpc) is 2.92. The van der Waals surface area contributed by atoms with Crippen LogP contribution in [0.15, 0.2) is 84.9 Å². The SMILES string of the molecule is Nc1cc(C(c2ccc(O)c(N)c2)(C(F)(F)F)C(F)(F)F)ccc1O.O=C(Cl)c1ccc(Oc2ccc(C(=O)Cl)cc2)cc1. The lowest BCUT2D eigenvalue weighted by molar-refractivity contribution is -0.288. The first-order valence-electron chi connectivity index (χ1n) is 12.0. The molecule has 0 fully saturated rings. The summed E-state index contributed by atoms with van der Waals surface area (Å²) in [6.45, 7) is 0. The minimum atomic E-state index is -5.82. The quantitative estimate of drug-likeness (QED) is 0.0714. The van der Waals surface area contributed by atoms with Gasteiger partial charge in [0.2, 0.25) is 5.41 Å². The summed E-state index contributed by atoms with van der Waals surface area (Å²) < 4.78 is 88.2. The Hall–Kier alpha value is -4.62. The summed E-state index contributed by atoms with van der Waals surface area (Å²) in [6, 6.07) is 15.9. The molecule has 0 unspecified atom stereocenters. The van der Waals surface area contributed by atoms with Gasteiger partial charge in [0, 0.05) is 11.1 Å². The van der Waals surface area contributed by atoms with Crippen LogP contribution in [0, 0.1) is 0 Å². The Labute approximate surface area is 255 Å². The molecule has 44 heavy (non-hydrogen) atoms. The monoisotopic (exact) mass is 660 g/mol. The number of hydrogen-bond acceptors (Lipinski definition) is 7. The Morgan fingerprint density at radius 2 is 0.909 bits per heavy atom. The molecule has 0 radical (unpaired) electrons. The molecule has 6 N–H and O–H groups in total. The number of carbonyl (C=O) groups excluding carboxylic acids is 2. The fraction of sp³-hybridized carbons (Fsp3) is 0.103. The largest absolute Gasteiger partial charge is 0.506 e. The third-order valence-corrected chi connectivity index (χ3v) is 6.61. The van der Waals surface area contributed by atoms with Crippen molar-refractivity contribution in [1.29, 1.82) is 0 Å². The van der Waals surface area contributed by atoms with E-state index < -0.39 is 62.3 Å². The molecule has 232 valence electrons. The van der Waals surface area contributed by atoms with Crippen LogP contribution in [0.2, 0.25) is 0 Å². The zero-order chi connectivity index (χ0) is 33.0. The number of benzene rings is 4. The summed E-state index contributed by atoms with van der Waals surface area (Å²) in [5.41, 5.74) is 3.13. The predicted molar refractivity (Wildman–Crippen MR) is 151 cm³/mol. The fourth-order valence-electron chi connectivity index (χ4n) is 4.00. The summed E-state index contributed by atoms with van der Waals surface area (Å²) in [4.78, 5) is 21.8. The van der Waals surface area contributed by atoms with Gasteiger partial charge in [-0.2, -0.15) is 26.3 Å². The van der Waals surface area contributed by atoms with Crippen molar-refractivity contribution < 1.29 is 50.9 Å². The number of nitrogen functional groups attached to an aromatic ring is 2. The highest BCUT2D eigenvalue weighted by atomic mass is 35.5. The number of alkyl halides is 6. The number of aromatic hydroxyl groups is 2. The molecule has 0 aliphatic carbocycles. The fourth-order valence-corrected chi connectivity index (χ4v) is 4.25. The molecular formula is C29H20Cl2F6N2O5. The molecule has 4 aromatic carbocycles. The number of halogens is 8. The van der Waals surface area contributed by atoms with Gasteiger partial charge >= 0.3 is 12.4 Å². The van der Waals surface area contributed by atoms with Crippen molar-refractivity contribution in [3.05, 3.63) is 107 Å². The van der Waals surface area contributed by atoms with E-state index in [9.17, 15) is 46.1 Å². The standard InChI is InChI=1S/C15H12F6N2O2.C14H8Cl2O3/c16-14(17,18)13(15(19,20)21,7-1-3-11(24)9(22)5-7)8-2-4-12(25)10(23)6-8;15-13(17)9-1-5-11(6-2-9)19-12-7-3-10(4-8-12)14(16)18/h1-6,24-25H,22-23H2;1-8H. The number of anilines is 2. The highest BCUT2D eigenvalue weighted by Gasteiger charge is 2.72. The number of ether oxygens (including phenoxy) is 1. The van der Waals surface area contributed by atoms with Crippen molar-refractivity contribution >= 4 is 45.1 Å². The lowest BCUT2D eigenvalue weighted by Crippen LogP contribution is -2.54. The van der Waals surface area contributed by atoms with E-state index in [2.05, 4.69) is 0 Å². The summed E-state index contributed by atoms with van der Waals surface area (Å²) >= 11 is 10.7. The van der Waals surface area contributed by atoms with E-state index in [1.807, 2.05) is 0 Å². The number of hydrogen-bond donors (Lipinski definition) is 4. The van der Waals surface area contributed by atoms with Gasteiger partial charge in [0.05, 0.1) is 11.4 Å². The second kappa shape index (κ2) is 12.9. The van der Waals surface area contributed by atoms with Gasteiger partial charge in [-0.25, -0.2) is 0 Å². The molecule has 15 heteroatoms. The first-order chi connectivity index (χ1) is 20.4. The van der Waals surface area contributed by atoms with Gasteiger partial charge in [-0.1, -0.05) is 12.1 Å². The second-order valence-electron chi connectivity index (χ2n) is 8.99. The van der Waals surface area contributed by atoms with Gasteiger partial charge in [-0.3, -0.25) is 9.59 Å². The van der Waals surface area contributed by atoms with Crippen LogP contribution in [0.1, 0.15) is 31.8 Å². The van der Waals surface area contributed by atoms with Crippen LogP contribution in [0.25, 0.3) is 0 Å². The van der Waals surface area contributed by atoms with Crippen LogP contribution in [0.5, 0.6) is 23.0 Å². The normalized spacial score (nSPS) is 11.7. The van der Waals surface area contributed by atoms with Crippen LogP contribution in [0.3, 0.4) is 0 Å². The lowest BCUT2D eigenvalue weighted by atomic mass is 9.72. The first kappa shape index (κ1) is 33.9. The summed E-state index contributed by atoms with van der Waals surface area (Å²) in [7, 11) is 0. The zero-order valence-corrected chi connectivity index (χ0v) is 23.4. The molecule has 0 spiro atoms. The van der Waals surface area contributed by atoms with Gasteiger partial charge < -0.3 is 26.4 Å². The Balaban J connectivity index is 0.000000249. The van der Waals surface area contributed by atoms with Crippen molar-refractivity contribution in [3.8, 4) is 23.0 Å². The average molecular weight is 661 g/mol. The molecular weight excluding hydrogens is 641 g/mol. The maximum atomic E-state index is 13.8. The van der Waals surface area contributed by atoms with Crippen LogP contribution < -0.4 is 16.2 Å². The third kappa shape index (κ3) is 7.12. The Morgan fingerprint density at radius 1 is 0.591 bits per heavy atom. The molecule has 0 amide bonds. The van der Waals surface area contributed by atoms with Crippen molar-refractivity contribution in [2.45, 2.75) is 17.8 Å². The summed E-state index contributed by atoms with van der Waals surface area (Å²) in [6.07, 6.45) is -11.6. The van der Waals surface area contributed by atoms with E-state index in [1.165, 1.54) is 0 Å². The number of nitrogens with two attached hydrogens (primary N) is 2. The van der Waals surface area contributed by atoms with Crippen LogP contribution >= 0.6 is 23.2 Å². The second-order valence-corrected chi connectivity index (χ2v) is 9.68. The molecule has 4 aromatic rings. The van der Waals surface area contributed by atoms with Crippen LogP contribution in [-0.2, 0) is 5.41 Å². The van der Waals surface area contributed by atoms with Crippen LogP contribution in [-0.4, -0.2) is 33.1 Å². The molecule has 0 heterocycles. The zero-order valence-electron chi connectivity index (χ0n) is 21.9. The predicted octanol–water partition coefficient (Wildman–Crippen LogP) is 7.91. The number of phenolic OH excluding ortho intramolecular Hbond substituents is 2. The van der Waals surface area contributed by atoms with E-state index in [4.69, 9.17) is 39.4 Å². The van der Waals surface area contributed by atoms with Crippen molar-refractivity contribution in [2.75, 3.05) is 11.5 Å². The van der Waals surface area contributed by atoms with Gasteiger partial charge in [-0.05, 0) is 107 Å². The minimum absolute atomic E-state index is 0.400. The first-order valence-corrected chi connectivity index (χ1v) is 12.7. The van der Waals surface area contributed by atoms with E-state index in [0.717, 1.165) is 0 Å². The molecule has 0 saturated heterocycles. The smallest absolute Gasteiger partial charge is 0.411 e. The molecule has 4 rings (SSSR count). The maximum Gasteiger partial charge on any atom is 0.411 e. The summed E-state index contributed by atoms with van der Waals surface area (Å²) in [5.74, 6) is -0.197. The number of phenols is 2. The minimum Gasteiger partial charge on any atom is -0.506 e. The molecule has 0 bridgehead atoms. The molecule has 7 nitrogen and oxygen atoms in total. The van der Waals surface area contributed by atoms with Gasteiger partial charge in [0.1, 0.15) is 23.0 Å². The Morgan fingerprint density at radius 3 is 1.16 bits per heavy atom. The highest BCUT2D eigenvalue weighted by Crippen LogP contribution is 2.57. The van der Waals surface area contributed by atoms with E-state index in [0.29, 0.717) is 59.0 Å². The van der Waals surface area contributed by atoms with Gasteiger partial charge in [0.15, 0.2) is 0 Å². The van der Waals surface area contributed by atoms with Gasteiger partial charge in [-0.15, -0.1) is 0 Å². The third-order valence-electron chi connectivity index (χ3n) is 6.17. The Kier molecular flexibility index (Phi) is 9.96. The highest BCUT2D eigenvalue weighted by molar-refractivity contribution is 6.68. The molecule has 0 aliphatic rings. The van der Waals surface area contributed by atoms with E-state index in [-0.39, 0.29) is 0 Å². The van der Waals surface area contributed by atoms with Crippen molar-refractivity contribution in [1.82, 2.24) is 0 Å². The lowest BCUT2D eigenvalue weighted by Gasteiger charge is -2.38. The number of rotatable bonds is 6. The molecule has 0 aromatic heterocycles. The molecule has 0 atom stereocenters. The molecule has 0 aliphatic heterocycles.